The zero-order valence-electron chi connectivity index (χ0n) is 16.9. The van der Waals surface area contributed by atoms with E-state index in [9.17, 15) is 4.79 Å². The fourth-order valence-electron chi connectivity index (χ4n) is 4.53. The van der Waals surface area contributed by atoms with Crippen molar-refractivity contribution in [2.75, 3.05) is 33.2 Å². The minimum absolute atomic E-state index is 0.0511. The Morgan fingerprint density at radius 2 is 1.97 bits per heavy atom. The standard InChI is InChI=1S/C22H27N5OS/c1-26-7-9-27(10-8-26)22(28)21-25-19(14-29-21)18-13-24-20-17(18)11-16(12-23-20)15-5-3-2-4-6-15/h11-15H,2-10H2,1H3,(H,23,24). The van der Waals surface area contributed by atoms with E-state index >= 15 is 0 Å². The van der Waals surface area contributed by atoms with Gasteiger partial charge >= 0.3 is 0 Å². The lowest BCUT2D eigenvalue weighted by atomic mass is 9.84. The first-order valence-electron chi connectivity index (χ1n) is 10.6. The van der Waals surface area contributed by atoms with Gasteiger partial charge in [0.2, 0.25) is 0 Å². The van der Waals surface area contributed by atoms with Crippen LogP contribution < -0.4 is 0 Å². The quantitative estimate of drug-likeness (QED) is 0.707. The van der Waals surface area contributed by atoms with Crippen LogP contribution in [0, 0.1) is 0 Å². The summed E-state index contributed by atoms with van der Waals surface area (Å²) >= 11 is 1.44. The Kier molecular flexibility index (Phi) is 5.09. The first kappa shape index (κ1) is 18.8. The molecule has 29 heavy (non-hydrogen) atoms. The van der Waals surface area contributed by atoms with Crippen molar-refractivity contribution in [1.29, 1.82) is 0 Å². The SMILES string of the molecule is CN1CCN(C(=O)c2nc(-c3c[nH]c4ncc(C5CCCCC5)cc34)cs2)CC1. The third-order valence-electron chi connectivity index (χ3n) is 6.38. The molecule has 0 spiro atoms. The van der Waals surface area contributed by atoms with Crippen LogP contribution in [-0.2, 0) is 0 Å². The Bertz CT molecular complexity index is 1010. The Morgan fingerprint density at radius 1 is 1.17 bits per heavy atom. The number of nitrogens with zero attached hydrogens (tertiary/aromatic N) is 4. The number of thiazole rings is 1. The van der Waals surface area contributed by atoms with Crippen LogP contribution in [0.15, 0.2) is 23.8 Å². The van der Waals surface area contributed by atoms with Crippen LogP contribution in [0.1, 0.15) is 53.4 Å². The molecule has 1 saturated carbocycles. The van der Waals surface area contributed by atoms with E-state index in [1.165, 1.54) is 49.0 Å². The largest absolute Gasteiger partial charge is 0.345 e. The average molecular weight is 410 g/mol. The second-order valence-electron chi connectivity index (χ2n) is 8.34. The molecule has 3 aromatic rings. The molecular formula is C22H27N5OS. The summed E-state index contributed by atoms with van der Waals surface area (Å²) in [5, 5.41) is 3.69. The van der Waals surface area contributed by atoms with E-state index in [4.69, 9.17) is 4.98 Å². The molecule has 0 aromatic carbocycles. The predicted molar refractivity (Wildman–Crippen MR) is 116 cm³/mol. The van der Waals surface area contributed by atoms with E-state index < -0.39 is 0 Å². The number of fused-ring (bicyclic) bond motifs is 1. The molecule has 0 atom stereocenters. The third-order valence-corrected chi connectivity index (χ3v) is 7.21. The van der Waals surface area contributed by atoms with E-state index in [-0.39, 0.29) is 5.91 Å². The third kappa shape index (κ3) is 3.69. The molecule has 1 aliphatic carbocycles. The summed E-state index contributed by atoms with van der Waals surface area (Å²) in [4.78, 5) is 29.7. The van der Waals surface area contributed by atoms with Gasteiger partial charge in [0.25, 0.3) is 5.91 Å². The maximum atomic E-state index is 12.8. The molecule has 6 nitrogen and oxygen atoms in total. The van der Waals surface area contributed by atoms with Crippen LogP contribution in [0.2, 0.25) is 0 Å². The van der Waals surface area contributed by atoms with Gasteiger partial charge in [0, 0.05) is 54.9 Å². The molecule has 1 amide bonds. The number of nitrogens with one attached hydrogen (secondary N) is 1. The van der Waals surface area contributed by atoms with Gasteiger partial charge in [0.05, 0.1) is 5.69 Å². The molecule has 1 aliphatic heterocycles. The smallest absolute Gasteiger partial charge is 0.282 e. The van der Waals surface area contributed by atoms with Gasteiger partial charge in [0.15, 0.2) is 5.01 Å². The average Bonchev–Trinajstić information content (AvgIpc) is 3.41. The number of hydrogen-bond acceptors (Lipinski definition) is 5. The van der Waals surface area contributed by atoms with Gasteiger partial charge in [0.1, 0.15) is 5.65 Å². The number of piperazine rings is 1. The highest BCUT2D eigenvalue weighted by Gasteiger charge is 2.24. The molecule has 4 heterocycles. The topological polar surface area (TPSA) is 65.1 Å². The lowest BCUT2D eigenvalue weighted by molar-refractivity contribution is 0.0664. The molecule has 0 radical (unpaired) electrons. The second kappa shape index (κ2) is 7.88. The van der Waals surface area contributed by atoms with Crippen LogP contribution in [0.4, 0.5) is 0 Å². The molecule has 2 fully saturated rings. The van der Waals surface area contributed by atoms with Crippen molar-refractivity contribution in [3.8, 4) is 11.3 Å². The van der Waals surface area contributed by atoms with E-state index in [0.29, 0.717) is 10.9 Å². The Labute approximate surface area is 175 Å². The number of H-pyrrole nitrogens is 1. The predicted octanol–water partition coefficient (Wildman–Crippen LogP) is 4.12. The van der Waals surface area contributed by atoms with Crippen LogP contribution in [-0.4, -0.2) is 63.9 Å². The molecule has 152 valence electrons. The summed E-state index contributed by atoms with van der Waals surface area (Å²) in [5.41, 5.74) is 4.13. The summed E-state index contributed by atoms with van der Waals surface area (Å²) in [6.07, 6.45) is 10.5. The van der Waals surface area contributed by atoms with Gasteiger partial charge in [-0.15, -0.1) is 11.3 Å². The monoisotopic (exact) mass is 409 g/mol. The van der Waals surface area contributed by atoms with Crippen LogP contribution in [0.3, 0.4) is 0 Å². The number of aromatic nitrogens is 3. The van der Waals surface area contributed by atoms with E-state index in [1.54, 1.807) is 0 Å². The molecular weight excluding hydrogens is 382 g/mol. The highest BCUT2D eigenvalue weighted by atomic mass is 32.1. The van der Waals surface area contributed by atoms with Crippen LogP contribution in [0.5, 0.6) is 0 Å². The number of aromatic amines is 1. The number of carbonyl (C=O) groups excluding carboxylic acids is 1. The fourth-order valence-corrected chi connectivity index (χ4v) is 5.32. The number of pyridine rings is 1. The van der Waals surface area contributed by atoms with Gasteiger partial charge in [-0.25, -0.2) is 9.97 Å². The molecule has 1 saturated heterocycles. The van der Waals surface area contributed by atoms with E-state index in [2.05, 4.69) is 28.0 Å². The van der Waals surface area contributed by atoms with Crippen LogP contribution in [0.25, 0.3) is 22.3 Å². The number of carbonyl (C=O) groups is 1. The summed E-state index contributed by atoms with van der Waals surface area (Å²) in [5.74, 6) is 0.670. The van der Waals surface area contributed by atoms with Crippen molar-refractivity contribution in [1.82, 2.24) is 24.8 Å². The van der Waals surface area contributed by atoms with Gasteiger partial charge in [-0.05, 0) is 37.4 Å². The fraction of sp³-hybridized carbons (Fsp3) is 0.500. The maximum Gasteiger partial charge on any atom is 0.282 e. The zero-order chi connectivity index (χ0) is 19.8. The summed E-state index contributed by atoms with van der Waals surface area (Å²) in [6, 6.07) is 2.28. The second-order valence-corrected chi connectivity index (χ2v) is 9.19. The zero-order valence-corrected chi connectivity index (χ0v) is 17.7. The number of rotatable bonds is 3. The maximum absolute atomic E-state index is 12.8. The van der Waals surface area contributed by atoms with Gasteiger partial charge in [-0.1, -0.05) is 19.3 Å². The summed E-state index contributed by atoms with van der Waals surface area (Å²) in [7, 11) is 2.09. The molecule has 0 unspecified atom stereocenters. The van der Waals surface area contributed by atoms with Gasteiger partial charge < -0.3 is 14.8 Å². The van der Waals surface area contributed by atoms with Crippen LogP contribution >= 0.6 is 11.3 Å². The van der Waals surface area contributed by atoms with E-state index in [1.807, 2.05) is 22.7 Å². The summed E-state index contributed by atoms with van der Waals surface area (Å²) < 4.78 is 0. The lowest BCUT2D eigenvalue weighted by Gasteiger charge is -2.31. The first-order chi connectivity index (χ1) is 14.2. The first-order valence-corrected chi connectivity index (χ1v) is 11.5. The molecule has 7 heteroatoms. The molecule has 5 rings (SSSR count). The number of likely N-dealkylation sites (N-methyl/N-ethyl adjacent to an activating group) is 1. The van der Waals surface area contributed by atoms with Crippen molar-refractivity contribution in [3.63, 3.8) is 0 Å². The minimum atomic E-state index is 0.0511. The molecule has 0 bridgehead atoms. The van der Waals surface area contributed by atoms with Crippen molar-refractivity contribution in [3.05, 3.63) is 34.4 Å². The Morgan fingerprint density at radius 3 is 2.76 bits per heavy atom. The lowest BCUT2D eigenvalue weighted by Crippen LogP contribution is -2.47. The normalized spacial score (nSPS) is 19.1. The number of amides is 1. The number of hydrogen-bond donors (Lipinski definition) is 1. The van der Waals surface area contributed by atoms with Crippen molar-refractivity contribution in [2.24, 2.45) is 0 Å². The van der Waals surface area contributed by atoms with Crippen molar-refractivity contribution >= 4 is 28.3 Å². The van der Waals surface area contributed by atoms with Gasteiger partial charge in [-0.3, -0.25) is 4.79 Å². The minimum Gasteiger partial charge on any atom is -0.345 e. The van der Waals surface area contributed by atoms with Crippen molar-refractivity contribution in [2.45, 2.75) is 38.0 Å². The highest BCUT2D eigenvalue weighted by Crippen LogP contribution is 2.35. The van der Waals surface area contributed by atoms with Gasteiger partial charge in [-0.2, -0.15) is 0 Å². The Hall–Kier alpha value is -2.25. The molecule has 2 aliphatic rings. The highest BCUT2D eigenvalue weighted by molar-refractivity contribution is 7.12. The molecule has 3 aromatic heterocycles. The van der Waals surface area contributed by atoms with Crippen molar-refractivity contribution < 1.29 is 4.79 Å². The summed E-state index contributed by atoms with van der Waals surface area (Å²) in [6.45, 7) is 3.38. The van der Waals surface area contributed by atoms with E-state index in [0.717, 1.165) is 48.5 Å². The molecule has 1 N–H and O–H groups in total. The Balaban J connectivity index is 1.41.